The van der Waals surface area contributed by atoms with Crippen molar-refractivity contribution in [3.63, 3.8) is 0 Å². The summed E-state index contributed by atoms with van der Waals surface area (Å²) < 4.78 is 31.8. The third kappa shape index (κ3) is 3.68. The van der Waals surface area contributed by atoms with E-state index in [1.165, 1.54) is 0 Å². The summed E-state index contributed by atoms with van der Waals surface area (Å²) in [6.45, 7) is 4.08. The van der Waals surface area contributed by atoms with E-state index in [0.29, 0.717) is 18.9 Å². The number of sulfonamides is 1. The van der Waals surface area contributed by atoms with Crippen LogP contribution in [0.4, 0.5) is 0 Å². The van der Waals surface area contributed by atoms with Crippen molar-refractivity contribution in [3.05, 3.63) is 47.7 Å². The van der Waals surface area contributed by atoms with Crippen LogP contribution in [-0.2, 0) is 22.9 Å². The highest BCUT2D eigenvalue weighted by atomic mass is 32.2. The third-order valence-corrected chi connectivity index (χ3v) is 4.46. The van der Waals surface area contributed by atoms with Gasteiger partial charge in [-0.05, 0) is 24.1 Å². The highest BCUT2D eigenvalue weighted by molar-refractivity contribution is 7.89. The number of hydrogen-bond donors (Lipinski definition) is 1. The zero-order valence-electron chi connectivity index (χ0n) is 11.6. The van der Waals surface area contributed by atoms with Crippen LogP contribution in [0.15, 0.2) is 39.8 Å². The molecule has 0 spiro atoms. The molecule has 20 heavy (non-hydrogen) atoms. The molecule has 5 nitrogen and oxygen atoms in total. The lowest BCUT2D eigenvalue weighted by molar-refractivity contribution is 0.520. The average molecular weight is 294 g/mol. The molecule has 0 amide bonds. The van der Waals surface area contributed by atoms with Crippen LogP contribution in [0.3, 0.4) is 0 Å². The van der Waals surface area contributed by atoms with Crippen LogP contribution >= 0.6 is 0 Å². The highest BCUT2D eigenvalue weighted by Crippen LogP contribution is 2.11. The van der Waals surface area contributed by atoms with Gasteiger partial charge in [-0.1, -0.05) is 19.1 Å². The molecule has 0 aliphatic rings. The van der Waals surface area contributed by atoms with Crippen LogP contribution < -0.4 is 4.72 Å². The zero-order valence-corrected chi connectivity index (χ0v) is 12.4. The van der Waals surface area contributed by atoms with E-state index in [4.69, 9.17) is 4.42 Å². The number of nitrogens with one attached hydrogen (secondary N) is 1. The quantitative estimate of drug-likeness (QED) is 0.885. The lowest BCUT2D eigenvalue weighted by Crippen LogP contribution is -2.26. The molecule has 0 saturated carbocycles. The van der Waals surface area contributed by atoms with Crippen LogP contribution in [0.2, 0.25) is 0 Å². The second kappa shape index (κ2) is 6.19. The Bertz CT molecular complexity index is 660. The van der Waals surface area contributed by atoms with E-state index in [1.54, 1.807) is 25.3 Å². The number of hydrogen-bond acceptors (Lipinski definition) is 4. The van der Waals surface area contributed by atoms with Gasteiger partial charge in [-0.3, -0.25) is 0 Å². The first-order valence-corrected chi connectivity index (χ1v) is 7.99. The molecule has 2 aromatic rings. The van der Waals surface area contributed by atoms with Crippen LogP contribution in [0.1, 0.15) is 24.1 Å². The van der Waals surface area contributed by atoms with Gasteiger partial charge in [-0.15, -0.1) is 0 Å². The summed E-state index contributed by atoms with van der Waals surface area (Å²) in [6.07, 6.45) is 2.93. The van der Waals surface area contributed by atoms with Gasteiger partial charge in [-0.2, -0.15) is 0 Å². The van der Waals surface area contributed by atoms with E-state index < -0.39 is 10.0 Å². The van der Waals surface area contributed by atoms with Gasteiger partial charge in [-0.25, -0.2) is 18.1 Å². The minimum atomic E-state index is -3.46. The van der Waals surface area contributed by atoms with E-state index in [2.05, 4.69) is 9.71 Å². The summed E-state index contributed by atoms with van der Waals surface area (Å²) in [6, 6.07) is 6.91. The lowest BCUT2D eigenvalue weighted by atomic mass is 10.2. The molecule has 1 aromatic heterocycles. The lowest BCUT2D eigenvalue weighted by Gasteiger charge is -2.06. The summed E-state index contributed by atoms with van der Waals surface area (Å²) >= 11 is 0. The Hall–Kier alpha value is -1.66. The minimum Gasteiger partial charge on any atom is -0.449 e. The fourth-order valence-corrected chi connectivity index (χ4v) is 2.86. The third-order valence-electron chi connectivity index (χ3n) is 2.98. The van der Waals surface area contributed by atoms with Gasteiger partial charge >= 0.3 is 0 Å². The molecule has 0 radical (unpaired) electrons. The fourth-order valence-electron chi connectivity index (χ4n) is 1.82. The second-order valence-electron chi connectivity index (χ2n) is 4.50. The first-order valence-electron chi connectivity index (χ1n) is 6.51. The van der Waals surface area contributed by atoms with Crippen molar-refractivity contribution in [3.8, 4) is 0 Å². The van der Waals surface area contributed by atoms with Gasteiger partial charge in [0.2, 0.25) is 10.0 Å². The molecule has 108 valence electrons. The number of oxazole rings is 1. The molecular formula is C14H18N2O3S. The Morgan fingerprint density at radius 1 is 1.25 bits per heavy atom. The van der Waals surface area contributed by atoms with Crippen molar-refractivity contribution in [2.24, 2.45) is 0 Å². The van der Waals surface area contributed by atoms with Gasteiger partial charge in [0.25, 0.3) is 0 Å². The van der Waals surface area contributed by atoms with Crippen molar-refractivity contribution >= 4 is 10.0 Å². The SMILES string of the molecule is CCc1ccc(S(=O)(=O)NCCc2coc(C)n2)cc1. The molecule has 2 rings (SSSR count). The Balaban J connectivity index is 1.96. The molecule has 1 heterocycles. The normalized spacial score (nSPS) is 11.7. The monoisotopic (exact) mass is 294 g/mol. The van der Waals surface area contributed by atoms with Crippen molar-refractivity contribution < 1.29 is 12.8 Å². The minimum absolute atomic E-state index is 0.283. The maximum Gasteiger partial charge on any atom is 0.240 e. The van der Waals surface area contributed by atoms with Crippen LogP contribution in [0.25, 0.3) is 0 Å². The molecular weight excluding hydrogens is 276 g/mol. The van der Waals surface area contributed by atoms with Gasteiger partial charge in [0.05, 0.1) is 10.6 Å². The average Bonchev–Trinajstić information content (AvgIpc) is 2.84. The molecule has 0 fully saturated rings. The maximum absolute atomic E-state index is 12.1. The zero-order chi connectivity index (χ0) is 14.6. The summed E-state index contributed by atoms with van der Waals surface area (Å²) in [7, 11) is -3.46. The summed E-state index contributed by atoms with van der Waals surface area (Å²) in [5.74, 6) is 0.581. The van der Waals surface area contributed by atoms with Gasteiger partial charge in [0.15, 0.2) is 5.89 Å². The number of aryl methyl sites for hydroxylation is 2. The molecule has 6 heteroatoms. The highest BCUT2D eigenvalue weighted by Gasteiger charge is 2.13. The number of rotatable bonds is 6. The van der Waals surface area contributed by atoms with Crippen molar-refractivity contribution in [1.82, 2.24) is 9.71 Å². The van der Waals surface area contributed by atoms with E-state index in [-0.39, 0.29) is 4.90 Å². The number of aromatic nitrogens is 1. The summed E-state index contributed by atoms with van der Waals surface area (Å²) in [4.78, 5) is 4.41. The van der Waals surface area contributed by atoms with Gasteiger partial charge < -0.3 is 4.42 Å². The molecule has 0 bridgehead atoms. The molecule has 1 N–H and O–H groups in total. The summed E-state index contributed by atoms with van der Waals surface area (Å²) in [5, 5.41) is 0. The summed E-state index contributed by atoms with van der Waals surface area (Å²) in [5.41, 5.74) is 1.86. The number of nitrogens with zero attached hydrogens (tertiary/aromatic N) is 1. The largest absolute Gasteiger partial charge is 0.449 e. The van der Waals surface area contributed by atoms with Crippen molar-refractivity contribution in [2.45, 2.75) is 31.6 Å². The fraction of sp³-hybridized carbons (Fsp3) is 0.357. The van der Waals surface area contributed by atoms with E-state index in [9.17, 15) is 8.42 Å². The van der Waals surface area contributed by atoms with E-state index >= 15 is 0 Å². The predicted molar refractivity (Wildman–Crippen MR) is 76.0 cm³/mol. The molecule has 1 aromatic carbocycles. The predicted octanol–water partition coefficient (Wildman–Crippen LogP) is 2.07. The molecule has 0 atom stereocenters. The van der Waals surface area contributed by atoms with Gasteiger partial charge in [0, 0.05) is 19.9 Å². The Kier molecular flexibility index (Phi) is 4.57. The topological polar surface area (TPSA) is 72.2 Å². The molecule has 0 aliphatic carbocycles. The molecule has 0 unspecified atom stereocenters. The van der Waals surface area contributed by atoms with Crippen LogP contribution in [-0.4, -0.2) is 19.9 Å². The first kappa shape index (κ1) is 14.7. The van der Waals surface area contributed by atoms with Crippen LogP contribution in [0, 0.1) is 6.92 Å². The second-order valence-corrected chi connectivity index (χ2v) is 6.27. The van der Waals surface area contributed by atoms with E-state index in [1.807, 2.05) is 19.1 Å². The first-order chi connectivity index (χ1) is 9.51. The smallest absolute Gasteiger partial charge is 0.240 e. The Morgan fingerprint density at radius 2 is 1.95 bits per heavy atom. The number of benzene rings is 1. The van der Waals surface area contributed by atoms with Crippen molar-refractivity contribution in [2.75, 3.05) is 6.54 Å². The van der Waals surface area contributed by atoms with Gasteiger partial charge in [0.1, 0.15) is 6.26 Å². The van der Waals surface area contributed by atoms with Crippen LogP contribution in [0.5, 0.6) is 0 Å². The maximum atomic E-state index is 12.1. The Morgan fingerprint density at radius 3 is 2.50 bits per heavy atom. The molecule has 0 saturated heterocycles. The standard InChI is InChI=1S/C14H18N2O3S/c1-3-12-4-6-14(7-5-12)20(17,18)15-9-8-13-10-19-11(2)16-13/h4-7,10,15H,3,8-9H2,1-2H3. The van der Waals surface area contributed by atoms with Crippen molar-refractivity contribution in [1.29, 1.82) is 0 Å². The Labute approximate surface area is 119 Å². The molecule has 0 aliphatic heterocycles. The van der Waals surface area contributed by atoms with E-state index in [0.717, 1.165) is 17.7 Å².